The van der Waals surface area contributed by atoms with E-state index in [4.69, 9.17) is 0 Å². The number of fused-ring (bicyclic) bond motifs is 2. The van der Waals surface area contributed by atoms with Gasteiger partial charge in [-0.05, 0) is 38.8 Å². The van der Waals surface area contributed by atoms with Gasteiger partial charge in [-0.1, -0.05) is 0 Å². The maximum Gasteiger partial charge on any atom is 0.0521 e. The van der Waals surface area contributed by atoms with Crippen LogP contribution in [0.2, 0.25) is 0 Å². The van der Waals surface area contributed by atoms with Crippen LogP contribution >= 0.6 is 0 Å². The van der Waals surface area contributed by atoms with Crippen molar-refractivity contribution in [3.63, 3.8) is 0 Å². The SMILES string of the molecule is CNC1CC2CCC(C1)N2Cc1ccnn1C. The van der Waals surface area contributed by atoms with Gasteiger partial charge in [-0.2, -0.15) is 5.10 Å². The number of hydrogen-bond acceptors (Lipinski definition) is 3. The zero-order valence-electron chi connectivity index (χ0n) is 10.8. The van der Waals surface area contributed by atoms with Gasteiger partial charge in [0, 0.05) is 37.9 Å². The summed E-state index contributed by atoms with van der Waals surface area (Å²) in [5, 5.41) is 7.71. The molecule has 3 heterocycles. The van der Waals surface area contributed by atoms with Crippen molar-refractivity contribution in [2.45, 2.75) is 50.4 Å². The van der Waals surface area contributed by atoms with Crippen LogP contribution in [0.5, 0.6) is 0 Å². The summed E-state index contributed by atoms with van der Waals surface area (Å²) in [4.78, 5) is 2.70. The van der Waals surface area contributed by atoms with Crippen LogP contribution in [0, 0.1) is 0 Å². The fourth-order valence-corrected chi connectivity index (χ4v) is 3.51. The molecule has 2 bridgehead atoms. The van der Waals surface area contributed by atoms with Crippen molar-refractivity contribution in [1.29, 1.82) is 0 Å². The summed E-state index contributed by atoms with van der Waals surface area (Å²) in [5.41, 5.74) is 1.34. The number of rotatable bonds is 3. The average Bonchev–Trinajstić information content (AvgIpc) is 2.82. The van der Waals surface area contributed by atoms with Crippen LogP contribution < -0.4 is 5.32 Å². The second-order valence-corrected chi connectivity index (χ2v) is 5.46. The fraction of sp³-hybridized carbons (Fsp3) is 0.769. The van der Waals surface area contributed by atoms with Crippen LogP contribution in [0.3, 0.4) is 0 Å². The molecule has 0 spiro atoms. The third-order valence-corrected chi connectivity index (χ3v) is 4.56. The standard InChI is InChI=1S/C13H22N4/c1-14-10-7-11-3-4-12(8-10)17(11)9-13-5-6-15-16(13)2/h5-6,10-12,14H,3-4,7-9H2,1-2H3. The Kier molecular flexibility index (Phi) is 2.92. The molecule has 2 aliphatic heterocycles. The zero-order chi connectivity index (χ0) is 11.8. The third-order valence-electron chi connectivity index (χ3n) is 4.56. The van der Waals surface area contributed by atoms with Gasteiger partial charge in [0.05, 0.1) is 5.69 Å². The number of nitrogens with one attached hydrogen (secondary N) is 1. The van der Waals surface area contributed by atoms with Gasteiger partial charge in [0.1, 0.15) is 0 Å². The Labute approximate surface area is 103 Å². The van der Waals surface area contributed by atoms with Gasteiger partial charge in [0.2, 0.25) is 0 Å². The predicted octanol–water partition coefficient (Wildman–Crippen LogP) is 1.13. The number of nitrogens with zero attached hydrogens (tertiary/aromatic N) is 3. The van der Waals surface area contributed by atoms with Gasteiger partial charge in [-0.25, -0.2) is 0 Å². The van der Waals surface area contributed by atoms with Crippen molar-refractivity contribution in [2.24, 2.45) is 7.05 Å². The summed E-state index contributed by atoms with van der Waals surface area (Å²) in [7, 11) is 4.14. The van der Waals surface area contributed by atoms with E-state index >= 15 is 0 Å². The van der Waals surface area contributed by atoms with Crippen LogP contribution in [0.4, 0.5) is 0 Å². The van der Waals surface area contributed by atoms with E-state index in [1.165, 1.54) is 31.4 Å². The first-order chi connectivity index (χ1) is 8.28. The summed E-state index contributed by atoms with van der Waals surface area (Å²) in [6, 6.07) is 4.43. The Morgan fingerprint density at radius 3 is 2.59 bits per heavy atom. The smallest absolute Gasteiger partial charge is 0.0521 e. The first-order valence-electron chi connectivity index (χ1n) is 6.68. The molecule has 94 valence electrons. The molecular weight excluding hydrogens is 212 g/mol. The minimum Gasteiger partial charge on any atom is -0.317 e. The highest BCUT2D eigenvalue weighted by Gasteiger charge is 2.40. The highest BCUT2D eigenvalue weighted by molar-refractivity contribution is 5.04. The van der Waals surface area contributed by atoms with E-state index in [2.05, 4.69) is 28.4 Å². The molecule has 1 aromatic rings. The third kappa shape index (κ3) is 2.00. The van der Waals surface area contributed by atoms with E-state index in [1.54, 1.807) is 0 Å². The molecule has 2 unspecified atom stereocenters. The number of aromatic nitrogens is 2. The molecule has 17 heavy (non-hydrogen) atoms. The summed E-state index contributed by atoms with van der Waals surface area (Å²) in [6.07, 6.45) is 7.27. The molecule has 0 aromatic carbocycles. The molecular formula is C13H22N4. The van der Waals surface area contributed by atoms with E-state index in [0.29, 0.717) is 0 Å². The average molecular weight is 234 g/mol. The molecule has 2 aliphatic rings. The Bertz CT molecular complexity index is 373. The quantitative estimate of drug-likeness (QED) is 0.851. The lowest BCUT2D eigenvalue weighted by Gasteiger charge is -2.38. The first-order valence-corrected chi connectivity index (χ1v) is 6.68. The van der Waals surface area contributed by atoms with Gasteiger partial charge in [-0.3, -0.25) is 9.58 Å². The number of piperidine rings is 1. The van der Waals surface area contributed by atoms with E-state index in [9.17, 15) is 0 Å². The van der Waals surface area contributed by atoms with Gasteiger partial charge in [0.25, 0.3) is 0 Å². The molecule has 1 N–H and O–H groups in total. The minimum absolute atomic E-state index is 0.732. The van der Waals surface area contributed by atoms with E-state index in [1.807, 2.05) is 17.9 Å². The van der Waals surface area contributed by atoms with Crippen molar-refractivity contribution in [3.05, 3.63) is 18.0 Å². The second-order valence-electron chi connectivity index (χ2n) is 5.46. The van der Waals surface area contributed by atoms with Crippen LogP contribution in [0.15, 0.2) is 12.3 Å². The highest BCUT2D eigenvalue weighted by atomic mass is 15.3. The van der Waals surface area contributed by atoms with Crippen molar-refractivity contribution in [3.8, 4) is 0 Å². The van der Waals surface area contributed by atoms with E-state index in [-0.39, 0.29) is 0 Å². The number of aryl methyl sites for hydroxylation is 1. The van der Waals surface area contributed by atoms with Crippen molar-refractivity contribution >= 4 is 0 Å². The molecule has 0 aliphatic carbocycles. The molecule has 4 heteroatoms. The van der Waals surface area contributed by atoms with Crippen molar-refractivity contribution in [1.82, 2.24) is 20.0 Å². The van der Waals surface area contributed by atoms with Crippen LogP contribution in [-0.2, 0) is 13.6 Å². The lowest BCUT2D eigenvalue weighted by Crippen LogP contribution is -2.48. The molecule has 0 radical (unpaired) electrons. The van der Waals surface area contributed by atoms with Crippen LogP contribution in [0.1, 0.15) is 31.4 Å². The normalized spacial score (nSPS) is 33.2. The predicted molar refractivity (Wildman–Crippen MR) is 67.6 cm³/mol. The molecule has 0 saturated carbocycles. The topological polar surface area (TPSA) is 33.1 Å². The summed E-state index contributed by atoms with van der Waals surface area (Å²) < 4.78 is 2.00. The molecule has 0 amide bonds. The lowest BCUT2D eigenvalue weighted by atomic mass is 9.97. The van der Waals surface area contributed by atoms with Gasteiger partial charge in [0.15, 0.2) is 0 Å². The molecule has 2 atom stereocenters. The first kappa shape index (κ1) is 11.2. The summed E-state index contributed by atoms with van der Waals surface area (Å²) in [6.45, 7) is 1.07. The Morgan fingerprint density at radius 1 is 1.35 bits per heavy atom. The largest absolute Gasteiger partial charge is 0.317 e. The fourth-order valence-electron chi connectivity index (χ4n) is 3.51. The lowest BCUT2D eigenvalue weighted by molar-refractivity contribution is 0.109. The molecule has 1 aromatic heterocycles. The van der Waals surface area contributed by atoms with Gasteiger partial charge < -0.3 is 5.32 Å². The minimum atomic E-state index is 0.732. The summed E-state index contributed by atoms with van der Waals surface area (Å²) in [5.74, 6) is 0. The van der Waals surface area contributed by atoms with Crippen molar-refractivity contribution < 1.29 is 0 Å². The number of hydrogen-bond donors (Lipinski definition) is 1. The van der Waals surface area contributed by atoms with E-state index < -0.39 is 0 Å². The Balaban J connectivity index is 1.71. The van der Waals surface area contributed by atoms with Crippen molar-refractivity contribution in [2.75, 3.05) is 7.05 Å². The monoisotopic (exact) mass is 234 g/mol. The second kappa shape index (κ2) is 4.42. The van der Waals surface area contributed by atoms with E-state index in [0.717, 1.165) is 24.7 Å². The highest BCUT2D eigenvalue weighted by Crippen LogP contribution is 2.36. The van der Waals surface area contributed by atoms with Crippen LogP contribution in [0.25, 0.3) is 0 Å². The maximum absolute atomic E-state index is 4.26. The maximum atomic E-state index is 4.26. The molecule has 3 rings (SSSR count). The Morgan fingerprint density at radius 2 is 2.06 bits per heavy atom. The van der Waals surface area contributed by atoms with Crippen LogP contribution in [-0.4, -0.2) is 39.9 Å². The van der Waals surface area contributed by atoms with Gasteiger partial charge >= 0.3 is 0 Å². The zero-order valence-corrected chi connectivity index (χ0v) is 10.8. The van der Waals surface area contributed by atoms with Gasteiger partial charge in [-0.15, -0.1) is 0 Å². The molecule has 2 fully saturated rings. The molecule has 4 nitrogen and oxygen atoms in total. The summed E-state index contributed by atoms with van der Waals surface area (Å²) >= 11 is 0. The Hall–Kier alpha value is -0.870. The molecule has 2 saturated heterocycles.